The van der Waals surface area contributed by atoms with Crippen molar-refractivity contribution in [1.82, 2.24) is 0 Å². The van der Waals surface area contributed by atoms with Gasteiger partial charge in [-0.2, -0.15) is 0 Å². The van der Waals surface area contributed by atoms with E-state index in [2.05, 4.69) is 517 Å². The van der Waals surface area contributed by atoms with Gasteiger partial charge >= 0.3 is 0 Å². The Morgan fingerprint density at radius 3 is 0.635 bits per heavy atom. The first kappa shape index (κ1) is 89.0. The van der Waals surface area contributed by atoms with Crippen molar-refractivity contribution in [1.29, 1.82) is 0 Å². The Hall–Kier alpha value is -11.8. The van der Waals surface area contributed by atoms with Crippen molar-refractivity contribution in [3.8, 4) is 11.1 Å². The van der Waals surface area contributed by atoms with Crippen molar-refractivity contribution in [2.75, 3.05) is 25.5 Å². The summed E-state index contributed by atoms with van der Waals surface area (Å²) in [6.45, 7) is 0. The molecule has 0 amide bonds. The summed E-state index contributed by atoms with van der Waals surface area (Å²) in [7, 11) is 2.79. The van der Waals surface area contributed by atoms with Crippen LogP contribution in [0, 0.1) is 0 Å². The average molecular weight is 1760 g/mol. The SMILES string of the molecule is CN(c1ccccc1-c1ccccc1N(P(c1ccccc1)c1ccccc1)P(c1ccccc1)c1ccccc1)P(c1ccccc1)c1ccccc1.Pc1ccccc1.Pc1ccccc1.c1ccc(C(CCCCC(c2ccccc2)N(c2ccccc2)P(c2ccccc2)c2ccccc2)N(c2ccccc2)P(c2ccccc2)c2ccccc2)cc1. The van der Waals surface area contributed by atoms with Gasteiger partial charge in [0.2, 0.25) is 0 Å². The number of rotatable bonds is 29. The van der Waals surface area contributed by atoms with Crippen LogP contribution >= 0.6 is 58.8 Å². The Kier molecular flexibility index (Phi) is 33.5. The highest BCUT2D eigenvalue weighted by Gasteiger charge is 2.37. The van der Waals surface area contributed by atoms with E-state index in [0.29, 0.717) is 0 Å². The summed E-state index contributed by atoms with van der Waals surface area (Å²) < 4.78 is 10.8. The van der Waals surface area contributed by atoms with Gasteiger partial charge in [0.1, 0.15) is 0 Å². The largest absolute Gasteiger partial charge is 0.346 e. The summed E-state index contributed by atoms with van der Waals surface area (Å²) in [5.74, 6) is 0. The minimum Gasteiger partial charge on any atom is -0.346 e. The standard InChI is InChI=1S/C54H50N2P2.C49H41N2P3.2C6H7P/c1-9-27-45(28-10-1)53(55(47-31-13-3-14-32-47)57(49-35-17-5-18-36-49)50-37-19-6-20-38-50)43-25-26-44-54(46-29-11-2-12-30-46)56(48-33-15-4-16-34-48)58(51-39-21-7-22-40-51)52-41-23-8-24-42-52;1-50(52(40-24-8-2-9-25-40)41-26-10-3-11-27-41)48-38-22-20-36-46(48)47-37-21-23-39-49(47)51(53(42-28-12-4-13-29-42)43-30-14-5-15-31-43)54(44-32-16-6-17-33-44)45-34-18-7-19-35-45;2*7-6-4-2-1-3-5-6/h1-24,27-42,53-54H,25-26,43-44H2;2-39H,1H3;2*1-5H,7H2. The fourth-order valence-corrected chi connectivity index (χ4v) is 29.8. The summed E-state index contributed by atoms with van der Waals surface area (Å²) in [6, 6.07) is 194. The second-order valence-corrected chi connectivity index (χ2v) is 42.3. The molecule has 0 fully saturated rings. The lowest BCUT2D eigenvalue weighted by atomic mass is 9.96. The molecule has 18 aromatic carbocycles. The maximum atomic E-state index is 2.79. The zero-order valence-electron chi connectivity index (χ0n) is 71.0. The molecule has 0 saturated heterocycles. The lowest BCUT2D eigenvalue weighted by Crippen LogP contribution is -2.33. The molecule has 0 radical (unpaired) electrons. The molecule has 4 nitrogen and oxygen atoms in total. The van der Waals surface area contributed by atoms with Gasteiger partial charge < -0.3 is 18.5 Å². The van der Waals surface area contributed by atoms with Crippen molar-refractivity contribution in [3.63, 3.8) is 0 Å². The van der Waals surface area contributed by atoms with E-state index < -0.39 is 40.4 Å². The van der Waals surface area contributed by atoms with Crippen LogP contribution in [0.15, 0.2) is 534 Å². The fourth-order valence-electron chi connectivity index (χ4n) is 15.8. The Bertz CT molecular complexity index is 5610. The minimum atomic E-state index is -1.04. The van der Waals surface area contributed by atoms with Gasteiger partial charge in [-0.15, -0.1) is 18.5 Å². The van der Waals surface area contributed by atoms with E-state index in [4.69, 9.17) is 0 Å². The highest BCUT2D eigenvalue weighted by molar-refractivity contribution is 7.91. The molecular formula is C115H105N4P7. The maximum Gasteiger partial charge on any atom is 0.0590 e. The van der Waals surface area contributed by atoms with Crippen LogP contribution in [0.2, 0.25) is 0 Å². The molecule has 0 saturated carbocycles. The zero-order valence-corrected chi connectivity index (χ0v) is 77.8. The Morgan fingerprint density at radius 1 is 0.198 bits per heavy atom. The maximum absolute atomic E-state index is 2.79. The van der Waals surface area contributed by atoms with Crippen molar-refractivity contribution in [3.05, 3.63) is 545 Å². The van der Waals surface area contributed by atoms with E-state index in [1.807, 2.05) is 60.7 Å². The third kappa shape index (κ3) is 23.8. The van der Waals surface area contributed by atoms with Gasteiger partial charge in [-0.1, -0.05) is 510 Å². The van der Waals surface area contributed by atoms with E-state index in [9.17, 15) is 0 Å². The summed E-state index contributed by atoms with van der Waals surface area (Å²) in [5.41, 5.74) is 10.1. The molecule has 0 aromatic heterocycles. The summed E-state index contributed by atoms with van der Waals surface area (Å²) >= 11 is 0. The lowest BCUT2D eigenvalue weighted by Gasteiger charge is -2.42. The molecule has 0 heterocycles. The van der Waals surface area contributed by atoms with Crippen molar-refractivity contribution in [2.24, 2.45) is 0 Å². The molecule has 18 rings (SSSR count). The van der Waals surface area contributed by atoms with Crippen molar-refractivity contribution >= 4 is 145 Å². The van der Waals surface area contributed by atoms with E-state index in [-0.39, 0.29) is 12.1 Å². The van der Waals surface area contributed by atoms with Crippen LogP contribution in [0.1, 0.15) is 48.9 Å². The highest BCUT2D eigenvalue weighted by atomic mass is 31.2. The lowest BCUT2D eigenvalue weighted by molar-refractivity contribution is 0.538. The van der Waals surface area contributed by atoms with Gasteiger partial charge in [-0.3, -0.25) is 0 Å². The van der Waals surface area contributed by atoms with Crippen LogP contribution < -0.4 is 82.1 Å². The summed E-state index contributed by atoms with van der Waals surface area (Å²) in [4.78, 5) is 0. The van der Waals surface area contributed by atoms with Gasteiger partial charge in [-0.05, 0) is 71.0 Å². The van der Waals surface area contributed by atoms with E-state index in [0.717, 1.165) is 25.7 Å². The molecule has 0 spiro atoms. The first-order valence-corrected chi connectivity index (χ1v) is 50.7. The minimum absolute atomic E-state index is 0.168. The number of benzene rings is 18. The zero-order chi connectivity index (χ0) is 86.0. The predicted molar refractivity (Wildman–Crippen MR) is 564 cm³/mol. The third-order valence-electron chi connectivity index (χ3n) is 21.6. The molecule has 11 heteroatoms. The monoisotopic (exact) mass is 1760 g/mol. The number of hydrogen-bond donors (Lipinski definition) is 0. The molecule has 0 aliphatic rings. The second-order valence-electron chi connectivity index (χ2n) is 30.1. The Morgan fingerprint density at radius 2 is 0.389 bits per heavy atom. The molecular weight excluding hydrogens is 1650 g/mol. The van der Waals surface area contributed by atoms with E-state index >= 15 is 0 Å². The summed E-state index contributed by atoms with van der Waals surface area (Å²) in [6.07, 6.45) is 4.21. The Balaban J connectivity index is 0.000000168. The van der Waals surface area contributed by atoms with Crippen LogP contribution in [0.25, 0.3) is 11.1 Å². The van der Waals surface area contributed by atoms with Gasteiger partial charge in [0.05, 0.1) is 58.1 Å². The van der Waals surface area contributed by atoms with E-state index in [1.165, 1.54) is 109 Å². The van der Waals surface area contributed by atoms with Crippen LogP contribution in [-0.2, 0) is 0 Å². The highest BCUT2D eigenvalue weighted by Crippen LogP contribution is 2.60. The van der Waals surface area contributed by atoms with Crippen LogP contribution in [0.4, 0.5) is 22.7 Å². The van der Waals surface area contributed by atoms with Gasteiger partial charge in [-0.25, -0.2) is 0 Å². The number of anilines is 4. The van der Waals surface area contributed by atoms with Crippen molar-refractivity contribution in [2.45, 2.75) is 37.8 Å². The average Bonchev–Trinajstić information content (AvgIpc) is 0.742. The molecule has 4 unspecified atom stereocenters. The number of hydrogen-bond acceptors (Lipinski definition) is 4. The topological polar surface area (TPSA) is 13.0 Å². The molecule has 18 aromatic rings. The molecule has 0 aliphatic heterocycles. The van der Waals surface area contributed by atoms with E-state index in [1.54, 1.807) is 0 Å². The number of nitrogens with zero attached hydrogens (tertiary/aromatic N) is 4. The smallest absolute Gasteiger partial charge is 0.0590 e. The number of para-hydroxylation sites is 4. The molecule has 0 N–H and O–H groups in total. The normalized spacial score (nSPS) is 11.4. The molecule has 0 aliphatic carbocycles. The molecule has 0 bridgehead atoms. The first-order chi connectivity index (χ1) is 62.4. The number of unbranched alkanes of at least 4 members (excludes halogenated alkanes) is 1. The molecule has 126 heavy (non-hydrogen) atoms. The summed E-state index contributed by atoms with van der Waals surface area (Å²) in [5, 5.41) is 15.8. The quantitative estimate of drug-likeness (QED) is 0.0342. The molecule has 620 valence electrons. The first-order valence-electron chi connectivity index (χ1n) is 43.0. The predicted octanol–water partition coefficient (Wildman–Crippen LogP) is 26.3. The van der Waals surface area contributed by atoms with Crippen molar-refractivity contribution < 1.29 is 0 Å². The molecule has 4 atom stereocenters. The van der Waals surface area contributed by atoms with Crippen LogP contribution in [0.3, 0.4) is 0 Å². The fraction of sp³-hybridized carbons (Fsp3) is 0.0609. The van der Waals surface area contributed by atoms with Gasteiger partial charge in [0.25, 0.3) is 0 Å². The van der Waals surface area contributed by atoms with Crippen LogP contribution in [-0.4, -0.2) is 7.05 Å². The van der Waals surface area contributed by atoms with Gasteiger partial charge in [0, 0.05) is 88.3 Å². The second kappa shape index (κ2) is 47.5. The third-order valence-corrected chi connectivity index (χ3v) is 35.2. The van der Waals surface area contributed by atoms with Gasteiger partial charge in [0.15, 0.2) is 0 Å². The Labute approximate surface area is 758 Å². The van der Waals surface area contributed by atoms with Crippen LogP contribution in [0.5, 0.6) is 0 Å².